The molecule has 7 nitrogen and oxygen atoms in total. The molecular formula is C8H15N5O2S. The average molecular weight is 245 g/mol. The number of sulfonamides is 1. The summed E-state index contributed by atoms with van der Waals surface area (Å²) in [4.78, 5) is 8.12. The van der Waals surface area contributed by atoms with Gasteiger partial charge in [-0.1, -0.05) is 0 Å². The van der Waals surface area contributed by atoms with Crippen molar-refractivity contribution in [3.8, 4) is 0 Å². The van der Waals surface area contributed by atoms with E-state index in [1.54, 1.807) is 19.4 Å². The van der Waals surface area contributed by atoms with Gasteiger partial charge in [0.15, 0.2) is 0 Å². The standard InChI is InChI=1S/C8H15N5O2S/c1-9-7-5-10-6-8(13-7)11-3-4-12-16(2,14)15/h5-6,12H,3-4H2,1-2H3,(H2,9,11,13). The van der Waals surface area contributed by atoms with Crippen molar-refractivity contribution in [3.05, 3.63) is 12.4 Å². The maximum absolute atomic E-state index is 10.8. The second-order valence-electron chi connectivity index (χ2n) is 3.13. The van der Waals surface area contributed by atoms with Gasteiger partial charge in [0, 0.05) is 20.1 Å². The smallest absolute Gasteiger partial charge is 0.208 e. The Morgan fingerprint density at radius 3 is 2.56 bits per heavy atom. The number of nitrogens with one attached hydrogen (secondary N) is 3. The van der Waals surface area contributed by atoms with Crippen LogP contribution in [0.25, 0.3) is 0 Å². The molecule has 0 spiro atoms. The highest BCUT2D eigenvalue weighted by Crippen LogP contribution is 2.04. The SMILES string of the molecule is CNc1cncc(NCCNS(C)(=O)=O)n1. The molecule has 1 aromatic rings. The minimum Gasteiger partial charge on any atom is -0.372 e. The lowest BCUT2D eigenvalue weighted by Gasteiger charge is -2.06. The molecule has 0 saturated carbocycles. The third-order valence-electron chi connectivity index (χ3n) is 1.69. The maximum atomic E-state index is 10.8. The molecule has 90 valence electrons. The highest BCUT2D eigenvalue weighted by Gasteiger charge is 1.99. The third kappa shape index (κ3) is 4.89. The molecule has 0 radical (unpaired) electrons. The van der Waals surface area contributed by atoms with Crippen molar-refractivity contribution < 1.29 is 8.42 Å². The van der Waals surface area contributed by atoms with Gasteiger partial charge in [-0.3, -0.25) is 4.98 Å². The average Bonchev–Trinajstić information content (AvgIpc) is 2.23. The van der Waals surface area contributed by atoms with E-state index in [-0.39, 0.29) is 0 Å². The molecule has 0 amide bonds. The van der Waals surface area contributed by atoms with E-state index in [1.807, 2.05) is 0 Å². The Bertz CT molecular complexity index is 434. The molecule has 8 heteroatoms. The summed E-state index contributed by atoms with van der Waals surface area (Å²) in [5, 5.41) is 5.81. The molecule has 1 rings (SSSR count). The Kier molecular flexibility index (Phi) is 4.44. The Balaban J connectivity index is 2.37. The highest BCUT2D eigenvalue weighted by molar-refractivity contribution is 7.88. The third-order valence-corrected chi connectivity index (χ3v) is 2.41. The zero-order valence-electron chi connectivity index (χ0n) is 9.19. The first-order chi connectivity index (χ1) is 7.51. The Hall–Kier alpha value is -1.41. The summed E-state index contributed by atoms with van der Waals surface area (Å²) >= 11 is 0. The van der Waals surface area contributed by atoms with Gasteiger partial charge < -0.3 is 10.6 Å². The van der Waals surface area contributed by atoms with Gasteiger partial charge in [0.1, 0.15) is 11.6 Å². The van der Waals surface area contributed by atoms with Gasteiger partial charge >= 0.3 is 0 Å². The van der Waals surface area contributed by atoms with Gasteiger partial charge in [-0.05, 0) is 0 Å². The van der Waals surface area contributed by atoms with Crippen LogP contribution < -0.4 is 15.4 Å². The van der Waals surface area contributed by atoms with Crippen LogP contribution in [0, 0.1) is 0 Å². The lowest BCUT2D eigenvalue weighted by atomic mass is 10.5. The van der Waals surface area contributed by atoms with Crippen LogP contribution in [0.4, 0.5) is 11.6 Å². The Morgan fingerprint density at radius 1 is 1.25 bits per heavy atom. The van der Waals surface area contributed by atoms with Crippen LogP contribution in [0.3, 0.4) is 0 Å². The van der Waals surface area contributed by atoms with Gasteiger partial charge in [0.05, 0.1) is 18.6 Å². The predicted molar refractivity (Wildman–Crippen MR) is 62.9 cm³/mol. The van der Waals surface area contributed by atoms with E-state index < -0.39 is 10.0 Å². The molecule has 16 heavy (non-hydrogen) atoms. The molecule has 1 aromatic heterocycles. The summed E-state index contributed by atoms with van der Waals surface area (Å²) in [6.07, 6.45) is 4.29. The van der Waals surface area contributed by atoms with Crippen molar-refractivity contribution in [3.63, 3.8) is 0 Å². The monoisotopic (exact) mass is 245 g/mol. The number of hydrogen-bond donors (Lipinski definition) is 3. The lowest BCUT2D eigenvalue weighted by Crippen LogP contribution is -2.27. The molecule has 0 saturated heterocycles. The predicted octanol–water partition coefficient (Wildman–Crippen LogP) is -0.521. The molecule has 3 N–H and O–H groups in total. The molecule has 0 aliphatic carbocycles. The second-order valence-corrected chi connectivity index (χ2v) is 4.97. The molecule has 0 unspecified atom stereocenters. The fraction of sp³-hybridized carbons (Fsp3) is 0.500. The van der Waals surface area contributed by atoms with Gasteiger partial charge in [-0.15, -0.1) is 0 Å². The van der Waals surface area contributed by atoms with E-state index in [9.17, 15) is 8.42 Å². The fourth-order valence-corrected chi connectivity index (χ4v) is 1.47. The van der Waals surface area contributed by atoms with Crippen LogP contribution >= 0.6 is 0 Å². The van der Waals surface area contributed by atoms with E-state index in [0.717, 1.165) is 6.26 Å². The van der Waals surface area contributed by atoms with E-state index in [4.69, 9.17) is 0 Å². The first-order valence-electron chi connectivity index (χ1n) is 4.69. The summed E-state index contributed by atoms with van der Waals surface area (Å²) in [6.45, 7) is 0.763. The molecule has 0 aromatic carbocycles. The van der Waals surface area contributed by atoms with Gasteiger partial charge in [-0.2, -0.15) is 0 Å². The topological polar surface area (TPSA) is 96.0 Å². The van der Waals surface area contributed by atoms with Gasteiger partial charge in [0.2, 0.25) is 10.0 Å². The van der Waals surface area contributed by atoms with Crippen molar-refractivity contribution in [2.75, 3.05) is 37.0 Å². The summed E-state index contributed by atoms with van der Waals surface area (Å²) < 4.78 is 23.9. The zero-order chi connectivity index (χ0) is 12.0. The second kappa shape index (κ2) is 5.61. The van der Waals surface area contributed by atoms with E-state index in [0.29, 0.717) is 24.7 Å². The molecule has 0 aliphatic heterocycles. The quantitative estimate of drug-likeness (QED) is 0.584. The van der Waals surface area contributed by atoms with Crippen LogP contribution in [-0.4, -0.2) is 44.8 Å². The zero-order valence-corrected chi connectivity index (χ0v) is 10.0. The van der Waals surface area contributed by atoms with Crippen LogP contribution in [0.5, 0.6) is 0 Å². The van der Waals surface area contributed by atoms with Crippen LogP contribution in [0.1, 0.15) is 0 Å². The Morgan fingerprint density at radius 2 is 1.94 bits per heavy atom. The maximum Gasteiger partial charge on any atom is 0.208 e. The first kappa shape index (κ1) is 12.7. The van der Waals surface area contributed by atoms with E-state index in [2.05, 4.69) is 25.3 Å². The van der Waals surface area contributed by atoms with Crippen LogP contribution in [0.2, 0.25) is 0 Å². The minimum absolute atomic E-state index is 0.310. The summed E-state index contributed by atoms with van der Waals surface area (Å²) in [6, 6.07) is 0. The highest BCUT2D eigenvalue weighted by atomic mass is 32.2. The van der Waals surface area contributed by atoms with Crippen molar-refractivity contribution in [2.45, 2.75) is 0 Å². The van der Waals surface area contributed by atoms with Crippen LogP contribution in [0.15, 0.2) is 12.4 Å². The lowest BCUT2D eigenvalue weighted by molar-refractivity contribution is 0.589. The Labute approximate surface area is 94.7 Å². The fourth-order valence-electron chi connectivity index (χ4n) is 0.999. The van der Waals surface area contributed by atoms with E-state index >= 15 is 0 Å². The summed E-state index contributed by atoms with van der Waals surface area (Å²) in [5.41, 5.74) is 0. The van der Waals surface area contributed by atoms with Crippen molar-refractivity contribution >= 4 is 21.7 Å². The van der Waals surface area contributed by atoms with Gasteiger partial charge in [0.25, 0.3) is 0 Å². The van der Waals surface area contributed by atoms with Crippen molar-refractivity contribution in [2.24, 2.45) is 0 Å². The largest absolute Gasteiger partial charge is 0.372 e. The van der Waals surface area contributed by atoms with E-state index in [1.165, 1.54) is 0 Å². The minimum atomic E-state index is -3.13. The molecule has 0 fully saturated rings. The van der Waals surface area contributed by atoms with Gasteiger partial charge in [-0.25, -0.2) is 18.1 Å². The number of anilines is 2. The summed E-state index contributed by atoms with van der Waals surface area (Å²) in [7, 11) is -1.38. The number of aromatic nitrogens is 2. The molecular weight excluding hydrogens is 230 g/mol. The molecule has 1 heterocycles. The first-order valence-corrected chi connectivity index (χ1v) is 6.59. The normalized spacial score (nSPS) is 11.1. The number of rotatable bonds is 6. The van der Waals surface area contributed by atoms with Crippen molar-refractivity contribution in [1.29, 1.82) is 0 Å². The molecule has 0 aliphatic rings. The number of nitrogens with zero attached hydrogens (tertiary/aromatic N) is 2. The van der Waals surface area contributed by atoms with Crippen LogP contribution in [-0.2, 0) is 10.0 Å². The number of hydrogen-bond acceptors (Lipinski definition) is 6. The molecule has 0 bridgehead atoms. The molecule has 0 atom stereocenters. The summed E-state index contributed by atoms with van der Waals surface area (Å²) in [5.74, 6) is 1.25. The van der Waals surface area contributed by atoms with Crippen molar-refractivity contribution in [1.82, 2.24) is 14.7 Å².